The van der Waals surface area contributed by atoms with E-state index >= 15 is 0 Å². The van der Waals surface area contributed by atoms with Gasteiger partial charge in [0.25, 0.3) is 6.20 Å². The van der Waals surface area contributed by atoms with E-state index < -0.39 is 5.97 Å². The van der Waals surface area contributed by atoms with Crippen molar-refractivity contribution in [2.75, 3.05) is 0 Å². The fourth-order valence-corrected chi connectivity index (χ4v) is 2.97. The summed E-state index contributed by atoms with van der Waals surface area (Å²) in [5, 5.41) is 19.7. The Morgan fingerprint density at radius 1 is 0.875 bits per heavy atom. The van der Waals surface area contributed by atoms with Crippen molar-refractivity contribution in [1.82, 2.24) is 9.97 Å². The van der Waals surface area contributed by atoms with Crippen LogP contribution in [0, 0.1) is 0 Å². The van der Waals surface area contributed by atoms with Gasteiger partial charge in [0, 0.05) is 10.9 Å². The van der Waals surface area contributed by atoms with E-state index in [2.05, 4.69) is 9.97 Å². The molecular weight excluding hydrogens is 410 g/mol. The van der Waals surface area contributed by atoms with Crippen molar-refractivity contribution in [2.45, 2.75) is 13.2 Å². The summed E-state index contributed by atoms with van der Waals surface area (Å²) in [4.78, 5) is 19.3. The molecule has 0 fully saturated rings. The number of hydrogen-bond donors (Lipinski definition) is 2. The normalized spacial score (nSPS) is 10.5. The van der Waals surface area contributed by atoms with Gasteiger partial charge in [-0.25, -0.2) is 14.8 Å². The Morgan fingerprint density at radius 3 is 2.06 bits per heavy atom. The van der Waals surface area contributed by atoms with E-state index in [0.717, 1.165) is 15.9 Å². The average Bonchev–Trinajstić information content (AvgIpc) is 2.83. The maximum Gasteiger partial charge on any atom is 0.354 e. The van der Waals surface area contributed by atoms with Crippen LogP contribution < -0.4 is 14.2 Å². The number of aromatic nitrogens is 3. The highest BCUT2D eigenvalue weighted by Crippen LogP contribution is 2.30. The van der Waals surface area contributed by atoms with E-state index in [0.29, 0.717) is 11.5 Å². The predicted molar refractivity (Wildman–Crippen MR) is 113 cm³/mol. The zero-order chi connectivity index (χ0) is 22.3. The smallest absolute Gasteiger partial charge is 0.354 e. The summed E-state index contributed by atoms with van der Waals surface area (Å²) >= 11 is 0. The zero-order valence-electron chi connectivity index (χ0n) is 17.0. The van der Waals surface area contributed by atoms with Crippen LogP contribution in [-0.4, -0.2) is 26.3 Å². The molecule has 2 aromatic carbocycles. The van der Waals surface area contributed by atoms with Crippen molar-refractivity contribution in [3.05, 3.63) is 102 Å². The molecule has 0 saturated heterocycles. The van der Waals surface area contributed by atoms with Gasteiger partial charge in [0.15, 0.2) is 11.4 Å². The fourth-order valence-electron chi connectivity index (χ4n) is 2.97. The van der Waals surface area contributed by atoms with E-state index in [1.165, 1.54) is 24.5 Å². The van der Waals surface area contributed by atoms with Crippen molar-refractivity contribution in [3.63, 3.8) is 0 Å². The largest absolute Gasteiger partial charge is 0.484 e. The van der Waals surface area contributed by atoms with Gasteiger partial charge in [0.2, 0.25) is 11.6 Å². The topological polar surface area (TPSA) is 106 Å². The van der Waals surface area contributed by atoms with Gasteiger partial charge < -0.3 is 14.6 Å². The van der Waals surface area contributed by atoms with E-state index in [1.54, 1.807) is 0 Å². The molecule has 0 aliphatic rings. The third-order valence-electron chi connectivity index (χ3n) is 4.58. The molecule has 2 aromatic heterocycles. The van der Waals surface area contributed by atoms with Crippen molar-refractivity contribution < 1.29 is 29.3 Å². The molecule has 160 valence electrons. The van der Waals surface area contributed by atoms with Gasteiger partial charge in [0.1, 0.15) is 13.2 Å². The molecule has 0 spiro atoms. The number of carboxylic acid groups (broad SMARTS) is 1. The van der Waals surface area contributed by atoms with Crippen LogP contribution in [0.3, 0.4) is 0 Å². The Hall–Kier alpha value is -4.46. The number of aromatic carboxylic acids is 1. The van der Waals surface area contributed by atoms with Crippen LogP contribution in [0.15, 0.2) is 85.2 Å². The second kappa shape index (κ2) is 9.57. The van der Waals surface area contributed by atoms with Gasteiger partial charge in [-0.15, -0.1) is 0 Å². The molecule has 8 heteroatoms. The summed E-state index contributed by atoms with van der Waals surface area (Å²) in [5.41, 5.74) is 1.87. The number of nitrogens with zero attached hydrogens (tertiary/aromatic N) is 3. The van der Waals surface area contributed by atoms with Crippen LogP contribution in [0.2, 0.25) is 0 Å². The molecule has 2 N–H and O–H groups in total. The molecule has 4 rings (SSSR count). The van der Waals surface area contributed by atoms with E-state index in [1.807, 2.05) is 60.7 Å². The molecule has 2 heterocycles. The maximum atomic E-state index is 11.3. The first-order valence-electron chi connectivity index (χ1n) is 9.79. The highest BCUT2D eigenvalue weighted by atomic mass is 16.5. The molecule has 8 nitrogen and oxygen atoms in total. The monoisotopic (exact) mass is 430 g/mol. The minimum Gasteiger partial charge on any atom is -0.484 e. The number of rotatable bonds is 8. The second-order valence-electron chi connectivity index (χ2n) is 6.85. The van der Waals surface area contributed by atoms with Crippen LogP contribution in [0.5, 0.6) is 11.5 Å². The lowest BCUT2D eigenvalue weighted by molar-refractivity contribution is -0.896. The molecule has 4 aromatic rings. The fraction of sp³-hybridized carbons (Fsp3) is 0.0833. The zero-order valence-corrected chi connectivity index (χ0v) is 17.0. The van der Waals surface area contributed by atoms with Gasteiger partial charge in [-0.2, -0.15) is 0 Å². The van der Waals surface area contributed by atoms with E-state index in [-0.39, 0.29) is 30.4 Å². The number of benzene rings is 2. The molecule has 32 heavy (non-hydrogen) atoms. The Labute approximate surface area is 183 Å². The molecule has 0 bridgehead atoms. The Kier molecular flexibility index (Phi) is 6.22. The summed E-state index contributed by atoms with van der Waals surface area (Å²) in [6, 6.07) is 22.0. The molecule has 0 amide bonds. The van der Waals surface area contributed by atoms with Gasteiger partial charge >= 0.3 is 11.7 Å². The highest BCUT2D eigenvalue weighted by Gasteiger charge is 2.24. The summed E-state index contributed by atoms with van der Waals surface area (Å²) in [6.45, 7) is 0.542. The Bertz CT molecular complexity index is 1220. The minimum atomic E-state index is -1.19. The third-order valence-corrected chi connectivity index (χ3v) is 4.58. The van der Waals surface area contributed by atoms with E-state index in [4.69, 9.17) is 9.47 Å². The summed E-state index contributed by atoms with van der Waals surface area (Å²) in [7, 11) is 0. The molecule has 0 radical (unpaired) electrons. The standard InChI is InChI=1S/C24H19N3O5/c28-24(29)19-11-12-25-23(26-19)20-13-21(31-15-17-7-3-1-4-8-17)22(14-27(20)30)32-16-18-9-5-2-6-10-18/h1-14H,15-16H2,(H-,25,26,28,29,30)/p+1. The number of pyridine rings is 1. The number of hydrogen-bond acceptors (Lipinski definition) is 6. The lowest BCUT2D eigenvalue weighted by Crippen LogP contribution is -2.33. The van der Waals surface area contributed by atoms with E-state index in [9.17, 15) is 15.1 Å². The third kappa shape index (κ3) is 4.99. The van der Waals surface area contributed by atoms with Crippen molar-refractivity contribution >= 4 is 5.97 Å². The molecule has 0 atom stereocenters. The van der Waals surface area contributed by atoms with Crippen LogP contribution in [0.1, 0.15) is 21.6 Å². The summed E-state index contributed by atoms with van der Waals surface area (Å²) < 4.78 is 12.7. The molecule has 0 aliphatic heterocycles. The quantitative estimate of drug-likeness (QED) is 0.325. The van der Waals surface area contributed by atoms with Gasteiger partial charge in [-0.1, -0.05) is 60.7 Å². The lowest BCUT2D eigenvalue weighted by Gasteiger charge is -2.12. The summed E-state index contributed by atoms with van der Waals surface area (Å²) in [5.74, 6) is -0.493. The van der Waals surface area contributed by atoms with Crippen LogP contribution >= 0.6 is 0 Å². The molecule has 0 aliphatic carbocycles. The molecular formula is C24H20N3O5+. The number of carboxylic acids is 1. The molecule has 0 unspecified atom stereocenters. The first-order valence-corrected chi connectivity index (χ1v) is 9.79. The number of ether oxygens (including phenoxy) is 2. The average molecular weight is 430 g/mol. The Balaban J connectivity index is 1.67. The Morgan fingerprint density at radius 2 is 1.47 bits per heavy atom. The van der Waals surface area contributed by atoms with Crippen LogP contribution in [0.25, 0.3) is 11.5 Å². The lowest BCUT2D eigenvalue weighted by atomic mass is 10.2. The van der Waals surface area contributed by atoms with Gasteiger partial charge in [0.05, 0.1) is 6.07 Å². The first kappa shape index (κ1) is 20.8. The number of carbonyl (C=O) groups is 1. The van der Waals surface area contributed by atoms with Gasteiger partial charge in [-0.3, -0.25) is 5.21 Å². The maximum absolute atomic E-state index is 11.3. The van der Waals surface area contributed by atoms with Crippen LogP contribution in [0.4, 0.5) is 0 Å². The van der Waals surface area contributed by atoms with Crippen LogP contribution in [-0.2, 0) is 13.2 Å². The first-order chi connectivity index (χ1) is 15.6. The molecule has 0 saturated carbocycles. The van der Waals surface area contributed by atoms with Crippen molar-refractivity contribution in [1.29, 1.82) is 0 Å². The second-order valence-corrected chi connectivity index (χ2v) is 6.85. The highest BCUT2D eigenvalue weighted by molar-refractivity contribution is 5.85. The minimum absolute atomic E-state index is 0.0339. The van der Waals surface area contributed by atoms with Crippen molar-refractivity contribution in [3.8, 4) is 23.0 Å². The predicted octanol–water partition coefficient (Wildman–Crippen LogP) is 3.52. The van der Waals surface area contributed by atoms with Crippen molar-refractivity contribution in [2.24, 2.45) is 0 Å². The summed E-state index contributed by atoms with van der Waals surface area (Å²) in [6.07, 6.45) is 2.66. The van der Waals surface area contributed by atoms with Gasteiger partial charge in [-0.05, 0) is 17.2 Å². The SMILES string of the molecule is O=C(O)c1ccnc(-c2cc(OCc3ccccc3)c(OCc3ccccc3)c[n+]2O)n1.